The van der Waals surface area contributed by atoms with Crippen LogP contribution in [0.1, 0.15) is 49.0 Å². The number of halogens is 1. The predicted molar refractivity (Wildman–Crippen MR) is 106 cm³/mol. The van der Waals surface area contributed by atoms with Gasteiger partial charge in [-0.05, 0) is 34.9 Å². The van der Waals surface area contributed by atoms with Gasteiger partial charge in [-0.2, -0.15) is 0 Å². The highest BCUT2D eigenvalue weighted by molar-refractivity contribution is 6.10. The summed E-state index contributed by atoms with van der Waals surface area (Å²) in [4.78, 5) is 9.65. The fraction of sp³-hybridized carbons (Fsp3) is 0.286. The number of unbranched alkanes of at least 4 members (excludes halogenated alkanes) is 2. The molecule has 2 aromatic heterocycles. The van der Waals surface area contributed by atoms with Crippen molar-refractivity contribution in [1.29, 1.82) is 0 Å². The molecule has 0 saturated heterocycles. The third kappa shape index (κ3) is 5.45. The standard InChI is InChI=1S/C21H21FN6O/c1-3-4-5-9-12-17-13-14-18(22)19(23-17)15-29-25-20(16-10-7-6-8-11-16)21-24-26-27-28(21)2/h6-8,10-11,13-14H,3-5,15H2,1-2H3/b25-20+. The third-order valence-corrected chi connectivity index (χ3v) is 4.03. The van der Waals surface area contributed by atoms with E-state index in [1.807, 2.05) is 30.3 Å². The highest BCUT2D eigenvalue weighted by Gasteiger charge is 2.15. The van der Waals surface area contributed by atoms with Gasteiger partial charge in [-0.3, -0.25) is 0 Å². The van der Waals surface area contributed by atoms with Crippen molar-refractivity contribution in [3.63, 3.8) is 0 Å². The van der Waals surface area contributed by atoms with E-state index in [4.69, 9.17) is 4.84 Å². The second kappa shape index (κ2) is 10.1. The maximum Gasteiger partial charge on any atom is 0.204 e. The molecule has 0 unspecified atom stereocenters. The molecule has 0 bridgehead atoms. The fourth-order valence-electron chi connectivity index (χ4n) is 2.48. The zero-order chi connectivity index (χ0) is 20.5. The molecule has 0 fully saturated rings. The SMILES string of the molecule is CCCCC#Cc1ccc(F)c(CO/N=C(\c2ccccc2)c2nnnn2C)n1. The highest BCUT2D eigenvalue weighted by Crippen LogP contribution is 2.11. The molecule has 3 aromatic rings. The van der Waals surface area contributed by atoms with Crippen LogP contribution >= 0.6 is 0 Å². The van der Waals surface area contributed by atoms with Crippen LogP contribution < -0.4 is 0 Å². The van der Waals surface area contributed by atoms with Crippen LogP contribution in [-0.2, 0) is 18.5 Å². The van der Waals surface area contributed by atoms with Crippen molar-refractivity contribution in [2.75, 3.05) is 0 Å². The van der Waals surface area contributed by atoms with E-state index in [9.17, 15) is 4.39 Å². The van der Waals surface area contributed by atoms with Crippen molar-refractivity contribution >= 4 is 5.71 Å². The van der Waals surface area contributed by atoms with Crippen molar-refractivity contribution < 1.29 is 9.23 Å². The average Bonchev–Trinajstić information content (AvgIpc) is 3.16. The first-order valence-electron chi connectivity index (χ1n) is 9.31. The van der Waals surface area contributed by atoms with Gasteiger partial charge in [0.1, 0.15) is 17.2 Å². The number of aryl methyl sites for hydroxylation is 1. The summed E-state index contributed by atoms with van der Waals surface area (Å²) in [5.74, 6) is 5.95. The van der Waals surface area contributed by atoms with Gasteiger partial charge in [-0.15, -0.1) is 5.10 Å². The highest BCUT2D eigenvalue weighted by atomic mass is 19.1. The van der Waals surface area contributed by atoms with Gasteiger partial charge in [-0.25, -0.2) is 14.1 Å². The number of benzene rings is 1. The summed E-state index contributed by atoms with van der Waals surface area (Å²) < 4.78 is 15.6. The van der Waals surface area contributed by atoms with Crippen molar-refractivity contribution in [1.82, 2.24) is 25.2 Å². The molecule has 3 rings (SSSR count). The quantitative estimate of drug-likeness (QED) is 0.267. The number of nitrogens with zero attached hydrogens (tertiary/aromatic N) is 6. The Morgan fingerprint density at radius 1 is 1.21 bits per heavy atom. The molecule has 0 atom stereocenters. The molecule has 7 nitrogen and oxygen atoms in total. The maximum atomic E-state index is 14.1. The van der Waals surface area contributed by atoms with E-state index in [0.717, 1.165) is 24.8 Å². The molecule has 0 N–H and O–H groups in total. The molecule has 148 valence electrons. The second-order valence-electron chi connectivity index (χ2n) is 6.24. The fourth-order valence-corrected chi connectivity index (χ4v) is 2.48. The molecule has 2 heterocycles. The van der Waals surface area contributed by atoms with Crippen LogP contribution in [0.3, 0.4) is 0 Å². The third-order valence-electron chi connectivity index (χ3n) is 4.03. The molecular formula is C21H21FN6O. The van der Waals surface area contributed by atoms with Gasteiger partial charge < -0.3 is 4.84 Å². The minimum absolute atomic E-state index is 0.138. The zero-order valence-electron chi connectivity index (χ0n) is 16.3. The summed E-state index contributed by atoms with van der Waals surface area (Å²) in [6.07, 6.45) is 2.89. The molecule has 8 heteroatoms. The topological polar surface area (TPSA) is 78.1 Å². The van der Waals surface area contributed by atoms with Crippen LogP contribution in [0.25, 0.3) is 0 Å². The Bertz CT molecular complexity index is 1040. The molecule has 0 saturated carbocycles. The molecule has 0 aliphatic heterocycles. The second-order valence-corrected chi connectivity index (χ2v) is 6.24. The van der Waals surface area contributed by atoms with Crippen LogP contribution in [0.2, 0.25) is 0 Å². The maximum absolute atomic E-state index is 14.1. The van der Waals surface area contributed by atoms with Crippen LogP contribution in [0.5, 0.6) is 0 Å². The minimum atomic E-state index is -0.471. The van der Waals surface area contributed by atoms with Crippen LogP contribution in [0.4, 0.5) is 4.39 Å². The minimum Gasteiger partial charge on any atom is -0.389 e. The number of rotatable bonds is 7. The first-order valence-corrected chi connectivity index (χ1v) is 9.31. The monoisotopic (exact) mass is 392 g/mol. The van der Waals surface area contributed by atoms with E-state index in [1.54, 1.807) is 13.1 Å². The van der Waals surface area contributed by atoms with Gasteiger partial charge in [0.25, 0.3) is 0 Å². The first-order chi connectivity index (χ1) is 14.2. The molecule has 0 spiro atoms. The molecule has 0 aliphatic rings. The van der Waals surface area contributed by atoms with Crippen LogP contribution in [0, 0.1) is 17.7 Å². The van der Waals surface area contributed by atoms with E-state index < -0.39 is 5.82 Å². The lowest BCUT2D eigenvalue weighted by Crippen LogP contribution is -2.12. The number of tetrazole rings is 1. The molecule has 0 aliphatic carbocycles. The van der Waals surface area contributed by atoms with E-state index in [-0.39, 0.29) is 12.3 Å². The van der Waals surface area contributed by atoms with E-state index in [0.29, 0.717) is 17.2 Å². The number of aromatic nitrogens is 5. The summed E-state index contributed by atoms with van der Waals surface area (Å²) >= 11 is 0. The zero-order valence-corrected chi connectivity index (χ0v) is 16.3. The number of hydrogen-bond donors (Lipinski definition) is 0. The van der Waals surface area contributed by atoms with Crippen LogP contribution in [-0.4, -0.2) is 30.9 Å². The van der Waals surface area contributed by atoms with Gasteiger partial charge >= 0.3 is 0 Å². The largest absolute Gasteiger partial charge is 0.389 e. The van der Waals surface area contributed by atoms with E-state index in [1.165, 1.54) is 10.7 Å². The van der Waals surface area contributed by atoms with Crippen LogP contribution in [0.15, 0.2) is 47.6 Å². The summed E-state index contributed by atoms with van der Waals surface area (Å²) in [7, 11) is 1.70. The number of pyridine rings is 1. The molecular weight excluding hydrogens is 371 g/mol. The molecule has 0 radical (unpaired) electrons. The summed E-state index contributed by atoms with van der Waals surface area (Å²) in [5, 5.41) is 15.6. The lowest BCUT2D eigenvalue weighted by atomic mass is 10.1. The van der Waals surface area contributed by atoms with Crippen molar-refractivity contribution in [3.8, 4) is 11.8 Å². The molecule has 29 heavy (non-hydrogen) atoms. The number of oxime groups is 1. The van der Waals surface area contributed by atoms with Crippen molar-refractivity contribution in [3.05, 3.63) is 71.1 Å². The Morgan fingerprint density at radius 2 is 2.03 bits per heavy atom. The lowest BCUT2D eigenvalue weighted by Gasteiger charge is -2.06. The van der Waals surface area contributed by atoms with Gasteiger partial charge in [0.2, 0.25) is 5.82 Å². The Morgan fingerprint density at radius 3 is 2.76 bits per heavy atom. The van der Waals surface area contributed by atoms with Gasteiger partial charge in [0.05, 0.1) is 0 Å². The predicted octanol–water partition coefficient (Wildman–Crippen LogP) is 3.26. The number of hydrogen-bond acceptors (Lipinski definition) is 6. The van der Waals surface area contributed by atoms with Crippen molar-refractivity contribution in [2.24, 2.45) is 12.2 Å². The normalized spacial score (nSPS) is 11.1. The summed E-state index contributed by atoms with van der Waals surface area (Å²) in [6.45, 7) is 1.96. The Kier molecular flexibility index (Phi) is 7.00. The van der Waals surface area contributed by atoms with Gasteiger partial charge in [-0.1, -0.05) is 54.8 Å². The summed E-state index contributed by atoms with van der Waals surface area (Å²) in [6, 6.07) is 12.3. The van der Waals surface area contributed by atoms with Gasteiger partial charge in [0.15, 0.2) is 12.3 Å². The Balaban J connectivity index is 1.79. The van der Waals surface area contributed by atoms with E-state index in [2.05, 4.69) is 44.4 Å². The van der Waals surface area contributed by atoms with Crippen molar-refractivity contribution in [2.45, 2.75) is 32.8 Å². The summed E-state index contributed by atoms with van der Waals surface area (Å²) in [5.41, 5.74) is 1.86. The molecule has 0 amide bonds. The smallest absolute Gasteiger partial charge is 0.204 e. The Hall–Kier alpha value is -3.60. The first kappa shape index (κ1) is 20.1. The Labute approximate surface area is 168 Å². The lowest BCUT2D eigenvalue weighted by molar-refractivity contribution is 0.125. The molecule has 1 aromatic carbocycles. The average molecular weight is 392 g/mol. The van der Waals surface area contributed by atoms with E-state index >= 15 is 0 Å². The van der Waals surface area contributed by atoms with Gasteiger partial charge in [0, 0.05) is 19.0 Å².